The van der Waals surface area contributed by atoms with E-state index in [0.29, 0.717) is 18.4 Å². The van der Waals surface area contributed by atoms with E-state index >= 15 is 0 Å². The summed E-state index contributed by atoms with van der Waals surface area (Å²) in [5.41, 5.74) is -0.658. The van der Waals surface area contributed by atoms with Crippen molar-refractivity contribution in [3.63, 3.8) is 0 Å². The molecular formula is C17H24N2O3. The normalized spacial score (nSPS) is 18.3. The quantitative estimate of drug-likeness (QED) is 0.461. The first kappa shape index (κ1) is 16.6. The van der Waals surface area contributed by atoms with Crippen LogP contribution in [0.3, 0.4) is 0 Å². The Labute approximate surface area is 131 Å². The highest BCUT2D eigenvalue weighted by Crippen LogP contribution is 2.34. The molecule has 0 amide bonds. The molecule has 5 heteroatoms. The van der Waals surface area contributed by atoms with Gasteiger partial charge in [-0.1, -0.05) is 24.6 Å². The van der Waals surface area contributed by atoms with Crippen LogP contribution < -0.4 is 0 Å². The third-order valence-electron chi connectivity index (χ3n) is 3.45. The van der Waals surface area contributed by atoms with Gasteiger partial charge in [-0.05, 0) is 45.7 Å². The Morgan fingerprint density at radius 1 is 1.09 bits per heavy atom. The molecule has 0 bridgehead atoms. The molecule has 0 aliphatic heterocycles. The van der Waals surface area contributed by atoms with Crippen molar-refractivity contribution < 1.29 is 14.6 Å². The fourth-order valence-corrected chi connectivity index (χ4v) is 2.28. The Morgan fingerprint density at radius 3 is 2.32 bits per heavy atom. The number of hydrogen-bond donors (Lipinski definition) is 0. The zero-order chi connectivity index (χ0) is 16.1. The molecule has 0 saturated heterocycles. The Morgan fingerprint density at radius 2 is 1.73 bits per heavy atom. The fourth-order valence-electron chi connectivity index (χ4n) is 2.28. The average Bonchev–Trinajstić information content (AvgIpc) is 2.52. The maximum Gasteiger partial charge on any atom is 0.373 e. The molecule has 1 fully saturated rings. The van der Waals surface area contributed by atoms with Gasteiger partial charge in [0.15, 0.2) is 0 Å². The highest BCUT2D eigenvalue weighted by molar-refractivity contribution is 5.88. The zero-order valence-electron chi connectivity index (χ0n) is 13.5. The number of hydrogen-bond acceptors (Lipinski definition) is 5. The largest absolute Gasteiger partial charge is 0.373 e. The van der Waals surface area contributed by atoms with E-state index in [1.165, 1.54) is 0 Å². The van der Waals surface area contributed by atoms with E-state index in [1.54, 1.807) is 24.3 Å². The molecule has 0 aromatic heterocycles. The Balaban J connectivity index is 2.04. The van der Waals surface area contributed by atoms with Crippen LogP contribution in [-0.2, 0) is 9.78 Å². The van der Waals surface area contributed by atoms with E-state index in [0.717, 1.165) is 19.3 Å². The predicted octanol–water partition coefficient (Wildman–Crippen LogP) is 4.69. The molecular weight excluding hydrogens is 280 g/mol. The summed E-state index contributed by atoms with van der Waals surface area (Å²) in [4.78, 5) is 22.5. The molecule has 1 aliphatic rings. The number of nitrogens with zero attached hydrogens (tertiary/aromatic N) is 2. The van der Waals surface area contributed by atoms with Crippen molar-refractivity contribution in [2.45, 2.75) is 64.1 Å². The topological polar surface area (TPSA) is 60.3 Å². The summed E-state index contributed by atoms with van der Waals surface area (Å²) in [5.74, 6) is -0.503. The van der Waals surface area contributed by atoms with Gasteiger partial charge in [0.2, 0.25) is 5.72 Å². The van der Waals surface area contributed by atoms with Gasteiger partial charge in [0.1, 0.15) is 0 Å². The molecule has 2 rings (SSSR count). The molecule has 1 aromatic carbocycles. The maximum atomic E-state index is 12.0. The Hall–Kier alpha value is -1.75. The van der Waals surface area contributed by atoms with Gasteiger partial charge in [-0.25, -0.2) is 4.79 Å². The zero-order valence-corrected chi connectivity index (χ0v) is 13.5. The molecule has 1 aliphatic carbocycles. The van der Waals surface area contributed by atoms with Gasteiger partial charge in [-0.2, -0.15) is 15.1 Å². The van der Waals surface area contributed by atoms with Crippen LogP contribution in [0.1, 0.15) is 63.2 Å². The molecule has 1 saturated carbocycles. The molecule has 0 N–H and O–H groups in total. The van der Waals surface area contributed by atoms with Gasteiger partial charge in [0, 0.05) is 12.8 Å². The van der Waals surface area contributed by atoms with Gasteiger partial charge in [0.25, 0.3) is 0 Å². The summed E-state index contributed by atoms with van der Waals surface area (Å²) >= 11 is 0. The fraction of sp³-hybridized carbons (Fsp3) is 0.588. The van der Waals surface area contributed by atoms with Gasteiger partial charge in [0.05, 0.1) is 11.1 Å². The molecule has 120 valence electrons. The van der Waals surface area contributed by atoms with E-state index in [4.69, 9.17) is 9.78 Å². The molecule has 5 nitrogen and oxygen atoms in total. The second kappa shape index (κ2) is 7.01. The van der Waals surface area contributed by atoms with Crippen molar-refractivity contribution in [3.8, 4) is 0 Å². The van der Waals surface area contributed by atoms with Crippen molar-refractivity contribution in [3.05, 3.63) is 35.9 Å². The van der Waals surface area contributed by atoms with Crippen LogP contribution in [-0.4, -0.2) is 17.2 Å². The number of carbonyl (C=O) groups is 1. The van der Waals surface area contributed by atoms with E-state index in [2.05, 4.69) is 10.2 Å². The van der Waals surface area contributed by atoms with Gasteiger partial charge < -0.3 is 0 Å². The average molecular weight is 304 g/mol. The number of benzene rings is 1. The van der Waals surface area contributed by atoms with Crippen molar-refractivity contribution in [1.29, 1.82) is 0 Å². The summed E-state index contributed by atoms with van der Waals surface area (Å²) in [7, 11) is 0. The second-order valence-electron chi connectivity index (χ2n) is 6.70. The van der Waals surface area contributed by atoms with Gasteiger partial charge in [-0.3, -0.25) is 4.89 Å². The Kier molecular flexibility index (Phi) is 5.29. The van der Waals surface area contributed by atoms with E-state index in [9.17, 15) is 4.79 Å². The number of azo groups is 1. The van der Waals surface area contributed by atoms with Crippen molar-refractivity contribution in [2.75, 3.05) is 0 Å². The maximum absolute atomic E-state index is 12.0. The molecule has 0 spiro atoms. The van der Waals surface area contributed by atoms with Crippen molar-refractivity contribution in [2.24, 2.45) is 10.2 Å². The number of carbonyl (C=O) groups excluding carboxylic acids is 1. The molecule has 0 radical (unpaired) electrons. The number of rotatable bonds is 4. The molecule has 22 heavy (non-hydrogen) atoms. The summed E-state index contributed by atoms with van der Waals surface area (Å²) in [5, 5.41) is 8.69. The van der Waals surface area contributed by atoms with Crippen LogP contribution in [0.2, 0.25) is 0 Å². The first-order chi connectivity index (χ1) is 10.4. The van der Waals surface area contributed by atoms with E-state index in [1.807, 2.05) is 26.8 Å². The monoisotopic (exact) mass is 304 g/mol. The third kappa shape index (κ3) is 4.91. The Bertz CT molecular complexity index is 514. The van der Waals surface area contributed by atoms with Gasteiger partial charge in [-0.15, -0.1) is 0 Å². The first-order valence-corrected chi connectivity index (χ1v) is 7.79. The van der Waals surface area contributed by atoms with Gasteiger partial charge >= 0.3 is 5.97 Å². The minimum absolute atomic E-state index is 0.281. The lowest BCUT2D eigenvalue weighted by Gasteiger charge is -2.30. The highest BCUT2D eigenvalue weighted by Gasteiger charge is 2.36. The van der Waals surface area contributed by atoms with Crippen LogP contribution in [0.5, 0.6) is 0 Å². The minimum Gasteiger partial charge on any atom is -0.290 e. The molecule has 0 unspecified atom stereocenters. The van der Waals surface area contributed by atoms with Crippen molar-refractivity contribution >= 4 is 5.97 Å². The second-order valence-corrected chi connectivity index (χ2v) is 6.70. The van der Waals surface area contributed by atoms with Crippen LogP contribution in [0, 0.1) is 0 Å². The predicted molar refractivity (Wildman–Crippen MR) is 83.4 cm³/mol. The lowest BCUT2D eigenvalue weighted by molar-refractivity contribution is -0.323. The highest BCUT2D eigenvalue weighted by atomic mass is 17.2. The minimum atomic E-state index is -0.837. The lowest BCUT2D eigenvalue weighted by atomic mass is 9.92. The van der Waals surface area contributed by atoms with E-state index < -0.39 is 11.7 Å². The summed E-state index contributed by atoms with van der Waals surface area (Å²) < 4.78 is 0. The van der Waals surface area contributed by atoms with Crippen LogP contribution in [0.4, 0.5) is 0 Å². The lowest BCUT2D eigenvalue weighted by Crippen LogP contribution is -2.34. The first-order valence-electron chi connectivity index (χ1n) is 7.79. The molecule has 0 heterocycles. The SMILES string of the molecule is CC(C)(C)N=NC1(OOC(=O)c2ccccc2)CCCCC1. The van der Waals surface area contributed by atoms with E-state index in [-0.39, 0.29) is 5.54 Å². The molecule has 0 atom stereocenters. The van der Waals surface area contributed by atoms with Crippen LogP contribution in [0.25, 0.3) is 0 Å². The summed E-state index contributed by atoms with van der Waals surface area (Å²) in [6.45, 7) is 5.93. The van der Waals surface area contributed by atoms with Crippen molar-refractivity contribution in [1.82, 2.24) is 0 Å². The summed E-state index contributed by atoms with van der Waals surface area (Å²) in [6.07, 6.45) is 4.56. The molecule has 1 aromatic rings. The summed E-state index contributed by atoms with van der Waals surface area (Å²) in [6, 6.07) is 8.79. The van der Waals surface area contributed by atoms with Crippen LogP contribution >= 0.6 is 0 Å². The standard InChI is InChI=1S/C17H24N2O3/c1-16(2,3)18-19-17(12-8-5-9-13-17)22-21-15(20)14-10-6-4-7-11-14/h4,6-7,10-11H,5,8-9,12-13H2,1-3H3. The van der Waals surface area contributed by atoms with Crippen LogP contribution in [0.15, 0.2) is 40.6 Å². The smallest absolute Gasteiger partial charge is 0.290 e. The third-order valence-corrected chi connectivity index (χ3v) is 3.45.